The number of nitrogens with one attached hydrogen (secondary N) is 1. The Morgan fingerprint density at radius 3 is 2.85 bits per heavy atom. The molecule has 0 aliphatic heterocycles. The predicted octanol–water partition coefficient (Wildman–Crippen LogP) is 3.73. The van der Waals surface area contributed by atoms with Gasteiger partial charge in [-0.2, -0.15) is 0 Å². The molecule has 2 rings (SSSR count). The Bertz CT molecular complexity index is 565. The van der Waals surface area contributed by atoms with Crippen LogP contribution in [0.15, 0.2) is 11.4 Å². The molecule has 0 bridgehead atoms. The summed E-state index contributed by atoms with van der Waals surface area (Å²) in [6.45, 7) is 8.23. The maximum absolute atomic E-state index is 5.17. The average molecular weight is 293 g/mol. The third kappa shape index (κ3) is 3.67. The number of hydrogen-bond acceptors (Lipinski definition) is 5. The molecule has 110 valence electrons. The Balaban J connectivity index is 2.14. The highest BCUT2D eigenvalue weighted by Crippen LogP contribution is 2.27. The normalized spacial score (nSPS) is 12.0. The second kappa shape index (κ2) is 6.50. The van der Waals surface area contributed by atoms with Gasteiger partial charge in [0.05, 0.1) is 5.39 Å². The number of fused-ring (bicyclic) bond motifs is 1. The van der Waals surface area contributed by atoms with Gasteiger partial charge in [0.1, 0.15) is 16.5 Å². The first kappa shape index (κ1) is 15.2. The second-order valence-electron chi connectivity index (χ2n) is 5.74. The molecule has 0 amide bonds. The maximum atomic E-state index is 5.17. The summed E-state index contributed by atoms with van der Waals surface area (Å²) in [5.74, 6) is 1.86. The second-order valence-corrected chi connectivity index (χ2v) is 6.64. The van der Waals surface area contributed by atoms with Crippen LogP contribution in [0.4, 0.5) is 5.82 Å². The lowest BCUT2D eigenvalue weighted by Gasteiger charge is -2.25. The number of thiophene rings is 1. The lowest BCUT2D eigenvalue weighted by molar-refractivity contribution is 0.157. The maximum Gasteiger partial charge on any atom is 0.138 e. The van der Waals surface area contributed by atoms with Gasteiger partial charge in [0.25, 0.3) is 0 Å². The van der Waals surface area contributed by atoms with E-state index in [4.69, 9.17) is 4.74 Å². The standard InChI is InChI=1S/C15H23N3OS/c1-5-12-17-13(11-6-9-20-14(11)18-12)16-10-15(2,3)7-8-19-4/h6,9H,5,7-8,10H2,1-4H3,(H,16,17,18). The van der Waals surface area contributed by atoms with Crippen molar-refractivity contribution in [1.82, 2.24) is 9.97 Å². The molecule has 0 unspecified atom stereocenters. The zero-order valence-electron chi connectivity index (χ0n) is 12.7. The van der Waals surface area contributed by atoms with E-state index >= 15 is 0 Å². The van der Waals surface area contributed by atoms with Crippen LogP contribution < -0.4 is 5.32 Å². The molecule has 4 nitrogen and oxygen atoms in total. The van der Waals surface area contributed by atoms with Gasteiger partial charge in [-0.05, 0) is 23.3 Å². The van der Waals surface area contributed by atoms with Crippen molar-refractivity contribution < 1.29 is 4.74 Å². The molecule has 0 fully saturated rings. The van der Waals surface area contributed by atoms with E-state index in [-0.39, 0.29) is 5.41 Å². The molecule has 0 aromatic carbocycles. The molecule has 0 saturated heterocycles. The van der Waals surface area contributed by atoms with Crippen molar-refractivity contribution in [3.63, 3.8) is 0 Å². The van der Waals surface area contributed by atoms with Gasteiger partial charge in [-0.3, -0.25) is 0 Å². The molecule has 20 heavy (non-hydrogen) atoms. The van der Waals surface area contributed by atoms with Gasteiger partial charge < -0.3 is 10.1 Å². The van der Waals surface area contributed by atoms with Crippen molar-refractivity contribution in [1.29, 1.82) is 0 Å². The fraction of sp³-hybridized carbons (Fsp3) is 0.600. The smallest absolute Gasteiger partial charge is 0.138 e. The fourth-order valence-electron chi connectivity index (χ4n) is 1.98. The molecule has 2 aromatic heterocycles. The summed E-state index contributed by atoms with van der Waals surface area (Å²) in [6, 6.07) is 2.09. The van der Waals surface area contributed by atoms with Crippen LogP contribution in [0.5, 0.6) is 0 Å². The lowest BCUT2D eigenvalue weighted by Crippen LogP contribution is -2.25. The van der Waals surface area contributed by atoms with Gasteiger partial charge in [0, 0.05) is 26.7 Å². The molecule has 0 spiro atoms. The number of anilines is 1. The molecular weight excluding hydrogens is 270 g/mol. The highest BCUT2D eigenvalue weighted by atomic mass is 32.1. The van der Waals surface area contributed by atoms with Crippen molar-refractivity contribution in [3.05, 3.63) is 17.3 Å². The summed E-state index contributed by atoms with van der Waals surface area (Å²) in [6.07, 6.45) is 1.88. The van der Waals surface area contributed by atoms with Crippen molar-refractivity contribution in [2.45, 2.75) is 33.6 Å². The number of aryl methyl sites for hydroxylation is 1. The molecule has 5 heteroatoms. The van der Waals surface area contributed by atoms with Crippen molar-refractivity contribution in [2.24, 2.45) is 5.41 Å². The number of nitrogens with zero attached hydrogens (tertiary/aromatic N) is 2. The third-order valence-corrected chi connectivity index (χ3v) is 4.21. The van der Waals surface area contributed by atoms with Gasteiger partial charge in [-0.1, -0.05) is 20.8 Å². The molecule has 0 aliphatic carbocycles. The van der Waals surface area contributed by atoms with E-state index in [1.165, 1.54) is 0 Å². The zero-order valence-corrected chi connectivity index (χ0v) is 13.5. The fourth-order valence-corrected chi connectivity index (χ4v) is 2.76. The van der Waals surface area contributed by atoms with Crippen molar-refractivity contribution in [2.75, 3.05) is 25.6 Å². The number of hydrogen-bond donors (Lipinski definition) is 1. The SMILES string of the molecule is CCc1nc(NCC(C)(C)CCOC)c2ccsc2n1. The first-order chi connectivity index (χ1) is 9.55. The number of methoxy groups -OCH3 is 1. The topological polar surface area (TPSA) is 47.0 Å². The molecule has 0 radical (unpaired) electrons. The minimum atomic E-state index is 0.176. The van der Waals surface area contributed by atoms with Gasteiger partial charge in [0.2, 0.25) is 0 Å². The number of ether oxygens (including phenoxy) is 1. The lowest BCUT2D eigenvalue weighted by atomic mass is 9.90. The Kier molecular flexibility index (Phi) is 4.94. The number of aromatic nitrogens is 2. The minimum Gasteiger partial charge on any atom is -0.385 e. The van der Waals surface area contributed by atoms with Crippen molar-refractivity contribution in [3.8, 4) is 0 Å². The molecule has 2 heterocycles. The average Bonchev–Trinajstić information content (AvgIpc) is 2.90. The summed E-state index contributed by atoms with van der Waals surface area (Å²) < 4.78 is 5.17. The first-order valence-electron chi connectivity index (χ1n) is 7.02. The van der Waals surface area contributed by atoms with E-state index in [9.17, 15) is 0 Å². The van der Waals surface area contributed by atoms with Crippen LogP contribution in [-0.4, -0.2) is 30.2 Å². The molecular formula is C15H23N3OS. The van der Waals surface area contributed by atoms with Gasteiger partial charge in [0.15, 0.2) is 0 Å². The Labute approximate surface area is 124 Å². The van der Waals surface area contributed by atoms with E-state index in [1.54, 1.807) is 18.4 Å². The van der Waals surface area contributed by atoms with Crippen LogP contribution in [0, 0.1) is 5.41 Å². The van der Waals surface area contributed by atoms with Crippen LogP contribution in [0.25, 0.3) is 10.2 Å². The minimum absolute atomic E-state index is 0.176. The summed E-state index contributed by atoms with van der Waals surface area (Å²) >= 11 is 1.67. The van der Waals surface area contributed by atoms with Crippen LogP contribution in [0.1, 0.15) is 33.0 Å². The quantitative estimate of drug-likeness (QED) is 0.845. The Morgan fingerprint density at radius 2 is 2.15 bits per heavy atom. The highest BCUT2D eigenvalue weighted by molar-refractivity contribution is 7.16. The van der Waals surface area contributed by atoms with Gasteiger partial charge in [-0.15, -0.1) is 11.3 Å². The molecule has 1 N–H and O–H groups in total. The molecule has 2 aromatic rings. The van der Waals surface area contributed by atoms with E-state index in [0.717, 1.165) is 47.9 Å². The van der Waals surface area contributed by atoms with E-state index in [0.29, 0.717) is 0 Å². The van der Waals surface area contributed by atoms with E-state index in [2.05, 4.69) is 47.5 Å². The Hall–Kier alpha value is -1.20. The molecule has 0 atom stereocenters. The zero-order chi connectivity index (χ0) is 14.6. The molecule has 0 saturated carbocycles. The van der Waals surface area contributed by atoms with Crippen LogP contribution in [0.3, 0.4) is 0 Å². The summed E-state index contributed by atoms with van der Waals surface area (Å²) in [7, 11) is 1.75. The third-order valence-electron chi connectivity index (χ3n) is 3.40. The van der Waals surface area contributed by atoms with Gasteiger partial charge >= 0.3 is 0 Å². The largest absolute Gasteiger partial charge is 0.385 e. The van der Waals surface area contributed by atoms with E-state index in [1.807, 2.05) is 0 Å². The van der Waals surface area contributed by atoms with E-state index < -0.39 is 0 Å². The van der Waals surface area contributed by atoms with Gasteiger partial charge in [-0.25, -0.2) is 9.97 Å². The summed E-state index contributed by atoms with van der Waals surface area (Å²) in [4.78, 5) is 10.2. The van der Waals surface area contributed by atoms with Crippen LogP contribution in [0.2, 0.25) is 0 Å². The Morgan fingerprint density at radius 1 is 1.35 bits per heavy atom. The monoisotopic (exact) mass is 293 g/mol. The highest BCUT2D eigenvalue weighted by Gasteiger charge is 2.18. The van der Waals surface area contributed by atoms with Crippen LogP contribution in [-0.2, 0) is 11.2 Å². The predicted molar refractivity (Wildman–Crippen MR) is 85.6 cm³/mol. The number of rotatable bonds is 7. The summed E-state index contributed by atoms with van der Waals surface area (Å²) in [5.41, 5.74) is 0.176. The van der Waals surface area contributed by atoms with Crippen LogP contribution >= 0.6 is 11.3 Å². The first-order valence-corrected chi connectivity index (χ1v) is 7.90. The molecule has 0 aliphatic rings. The van der Waals surface area contributed by atoms with Crippen molar-refractivity contribution >= 4 is 27.4 Å². The summed E-state index contributed by atoms with van der Waals surface area (Å²) in [5, 5.41) is 6.69.